The molecule has 1 aromatic rings. The lowest BCUT2D eigenvalue weighted by molar-refractivity contribution is 0.249. The first-order valence-corrected chi connectivity index (χ1v) is 6.29. The summed E-state index contributed by atoms with van der Waals surface area (Å²) in [6.07, 6.45) is 2.28. The van der Waals surface area contributed by atoms with Gasteiger partial charge in [0, 0.05) is 19.1 Å². The monoisotopic (exact) mass is 254 g/mol. The lowest BCUT2D eigenvalue weighted by Crippen LogP contribution is -2.42. The van der Waals surface area contributed by atoms with Gasteiger partial charge in [0.25, 0.3) is 0 Å². The molecule has 2 rings (SSSR count). The van der Waals surface area contributed by atoms with Gasteiger partial charge in [-0.15, -0.1) is 0 Å². The fourth-order valence-electron chi connectivity index (χ4n) is 2.28. The van der Waals surface area contributed by atoms with Gasteiger partial charge in [0.1, 0.15) is 5.15 Å². The molecule has 5 heteroatoms. The van der Waals surface area contributed by atoms with Crippen LogP contribution in [-0.2, 0) is 0 Å². The molecule has 1 saturated heterocycles. The van der Waals surface area contributed by atoms with Crippen LogP contribution in [0, 0.1) is 0 Å². The van der Waals surface area contributed by atoms with Gasteiger partial charge in [-0.3, -0.25) is 0 Å². The van der Waals surface area contributed by atoms with E-state index >= 15 is 0 Å². The van der Waals surface area contributed by atoms with Crippen LogP contribution in [0.25, 0.3) is 0 Å². The van der Waals surface area contributed by atoms with E-state index in [1.807, 2.05) is 6.07 Å². The predicted octanol–water partition coefficient (Wildman–Crippen LogP) is 1.85. The van der Waals surface area contributed by atoms with Crippen molar-refractivity contribution in [3.8, 4) is 0 Å². The van der Waals surface area contributed by atoms with Gasteiger partial charge in [0.2, 0.25) is 0 Å². The minimum absolute atomic E-state index is 0.504. The minimum Gasteiger partial charge on any atom is -0.396 e. The van der Waals surface area contributed by atoms with E-state index < -0.39 is 0 Å². The summed E-state index contributed by atoms with van der Waals surface area (Å²) in [5, 5.41) is 0.504. The fourth-order valence-corrected chi connectivity index (χ4v) is 2.43. The minimum atomic E-state index is 0.504. The summed E-state index contributed by atoms with van der Waals surface area (Å²) >= 11 is 5.91. The zero-order valence-corrected chi connectivity index (χ0v) is 11.1. The Hall–Kier alpha value is -1.00. The topological polar surface area (TPSA) is 45.4 Å². The SMILES string of the molecule is CN(C)C1CCN(c2nc(Cl)ccc2N)CC1. The Balaban J connectivity index is 2.07. The van der Waals surface area contributed by atoms with Gasteiger partial charge >= 0.3 is 0 Å². The molecule has 0 bridgehead atoms. The van der Waals surface area contributed by atoms with Crippen molar-refractivity contribution in [1.29, 1.82) is 0 Å². The quantitative estimate of drug-likeness (QED) is 0.819. The number of aromatic nitrogens is 1. The van der Waals surface area contributed by atoms with Crippen LogP contribution < -0.4 is 10.6 Å². The van der Waals surface area contributed by atoms with Crippen molar-refractivity contribution in [2.24, 2.45) is 0 Å². The third kappa shape index (κ3) is 2.82. The number of halogens is 1. The summed E-state index contributed by atoms with van der Waals surface area (Å²) in [6.45, 7) is 1.97. The van der Waals surface area contributed by atoms with Crippen LogP contribution in [0.3, 0.4) is 0 Å². The van der Waals surface area contributed by atoms with Gasteiger partial charge < -0.3 is 15.5 Å². The van der Waals surface area contributed by atoms with Crippen molar-refractivity contribution in [2.45, 2.75) is 18.9 Å². The van der Waals surface area contributed by atoms with Crippen LogP contribution in [0.1, 0.15) is 12.8 Å². The number of nitrogens with zero attached hydrogens (tertiary/aromatic N) is 3. The second-order valence-corrected chi connectivity index (χ2v) is 5.12. The molecule has 1 aliphatic rings. The van der Waals surface area contributed by atoms with E-state index in [1.165, 1.54) is 0 Å². The standard InChI is InChI=1S/C12H19ClN4/c1-16(2)9-5-7-17(8-6-9)12-10(14)3-4-11(13)15-12/h3-4,9H,5-8,14H2,1-2H3. The maximum atomic E-state index is 5.94. The molecule has 0 radical (unpaired) electrons. The molecule has 0 aromatic carbocycles. The van der Waals surface area contributed by atoms with E-state index in [4.69, 9.17) is 17.3 Å². The Bertz CT molecular complexity index is 386. The summed E-state index contributed by atoms with van der Waals surface area (Å²) in [7, 11) is 4.26. The lowest BCUT2D eigenvalue weighted by Gasteiger charge is -2.36. The van der Waals surface area contributed by atoms with Gasteiger partial charge in [-0.25, -0.2) is 4.98 Å². The molecule has 2 N–H and O–H groups in total. The van der Waals surface area contributed by atoms with Crippen molar-refractivity contribution in [2.75, 3.05) is 37.8 Å². The van der Waals surface area contributed by atoms with Gasteiger partial charge in [0.05, 0.1) is 5.69 Å². The molecular weight excluding hydrogens is 236 g/mol. The molecule has 17 heavy (non-hydrogen) atoms. The molecule has 0 spiro atoms. The number of nitrogen functional groups attached to an aromatic ring is 1. The Morgan fingerprint density at radius 2 is 2.00 bits per heavy atom. The molecule has 1 aromatic heterocycles. The zero-order chi connectivity index (χ0) is 12.4. The molecule has 0 unspecified atom stereocenters. The first kappa shape index (κ1) is 12.5. The zero-order valence-electron chi connectivity index (χ0n) is 10.4. The highest BCUT2D eigenvalue weighted by atomic mass is 35.5. The highest BCUT2D eigenvalue weighted by Crippen LogP contribution is 2.26. The van der Waals surface area contributed by atoms with Crippen molar-refractivity contribution >= 4 is 23.1 Å². The van der Waals surface area contributed by atoms with Crippen LogP contribution in [-0.4, -0.2) is 43.1 Å². The second kappa shape index (κ2) is 5.10. The van der Waals surface area contributed by atoms with Gasteiger partial charge in [-0.1, -0.05) is 11.6 Å². The number of pyridine rings is 1. The number of rotatable bonds is 2. The van der Waals surface area contributed by atoms with Gasteiger partial charge in [-0.05, 0) is 39.1 Å². The molecule has 0 saturated carbocycles. The molecule has 0 aliphatic carbocycles. The summed E-state index contributed by atoms with van der Waals surface area (Å²) in [4.78, 5) is 8.83. The maximum Gasteiger partial charge on any atom is 0.153 e. The predicted molar refractivity (Wildman–Crippen MR) is 72.6 cm³/mol. The molecule has 0 amide bonds. The molecule has 4 nitrogen and oxygen atoms in total. The molecule has 1 fully saturated rings. The summed E-state index contributed by atoms with van der Waals surface area (Å²) < 4.78 is 0. The van der Waals surface area contributed by atoms with E-state index in [-0.39, 0.29) is 0 Å². The van der Waals surface area contributed by atoms with E-state index in [0.717, 1.165) is 31.7 Å². The van der Waals surface area contributed by atoms with Crippen molar-refractivity contribution in [1.82, 2.24) is 9.88 Å². The van der Waals surface area contributed by atoms with Crippen LogP contribution in [0.2, 0.25) is 5.15 Å². The van der Waals surface area contributed by atoms with E-state index in [9.17, 15) is 0 Å². The first-order valence-electron chi connectivity index (χ1n) is 5.91. The first-order chi connectivity index (χ1) is 8.08. The highest BCUT2D eigenvalue weighted by molar-refractivity contribution is 6.29. The average molecular weight is 255 g/mol. The van der Waals surface area contributed by atoms with Gasteiger partial charge in [-0.2, -0.15) is 0 Å². The molecular formula is C12H19ClN4. The van der Waals surface area contributed by atoms with Crippen molar-refractivity contribution in [3.63, 3.8) is 0 Å². The van der Waals surface area contributed by atoms with E-state index in [0.29, 0.717) is 16.9 Å². The van der Waals surface area contributed by atoms with Crippen LogP contribution in [0.5, 0.6) is 0 Å². The van der Waals surface area contributed by atoms with Crippen LogP contribution in [0.15, 0.2) is 12.1 Å². The summed E-state index contributed by atoms with van der Waals surface area (Å²) in [6, 6.07) is 4.21. The fraction of sp³-hybridized carbons (Fsp3) is 0.583. The lowest BCUT2D eigenvalue weighted by atomic mass is 10.0. The number of piperidine rings is 1. The van der Waals surface area contributed by atoms with E-state index in [2.05, 4.69) is 28.9 Å². The maximum absolute atomic E-state index is 5.94. The van der Waals surface area contributed by atoms with E-state index in [1.54, 1.807) is 6.07 Å². The average Bonchev–Trinajstić information content (AvgIpc) is 2.32. The molecule has 2 heterocycles. The normalized spacial score (nSPS) is 17.8. The Morgan fingerprint density at radius 1 is 1.35 bits per heavy atom. The molecule has 0 atom stereocenters. The molecule has 1 aliphatic heterocycles. The summed E-state index contributed by atoms with van der Waals surface area (Å²) in [5.74, 6) is 0.828. The number of nitrogens with two attached hydrogens (primary N) is 1. The third-order valence-corrected chi connectivity index (χ3v) is 3.58. The highest BCUT2D eigenvalue weighted by Gasteiger charge is 2.22. The molecule has 94 valence electrons. The smallest absolute Gasteiger partial charge is 0.153 e. The Labute approximate surface area is 107 Å². The number of anilines is 2. The van der Waals surface area contributed by atoms with Crippen molar-refractivity contribution < 1.29 is 0 Å². The van der Waals surface area contributed by atoms with Gasteiger partial charge in [0.15, 0.2) is 5.82 Å². The number of hydrogen-bond donors (Lipinski definition) is 1. The summed E-state index contributed by atoms with van der Waals surface area (Å²) in [5.41, 5.74) is 6.65. The van der Waals surface area contributed by atoms with Crippen LogP contribution >= 0.6 is 11.6 Å². The Kier molecular flexibility index (Phi) is 3.74. The van der Waals surface area contributed by atoms with Crippen molar-refractivity contribution in [3.05, 3.63) is 17.3 Å². The largest absolute Gasteiger partial charge is 0.396 e. The van der Waals surface area contributed by atoms with Crippen LogP contribution in [0.4, 0.5) is 11.5 Å². The number of hydrogen-bond acceptors (Lipinski definition) is 4. The second-order valence-electron chi connectivity index (χ2n) is 4.73. The Morgan fingerprint density at radius 3 is 2.59 bits per heavy atom. The third-order valence-electron chi connectivity index (χ3n) is 3.37.